The van der Waals surface area contributed by atoms with Crippen LogP contribution in [-0.2, 0) is 6.42 Å². The molecule has 1 unspecified atom stereocenters. The second-order valence-electron chi connectivity index (χ2n) is 5.26. The summed E-state index contributed by atoms with van der Waals surface area (Å²) in [6, 6.07) is 8.39. The molecule has 2 heteroatoms. The molecule has 1 heterocycles. The lowest BCUT2D eigenvalue weighted by Gasteiger charge is -2.15. The van der Waals surface area contributed by atoms with Gasteiger partial charge in [0.25, 0.3) is 0 Å². The molecule has 2 rings (SSSR count). The summed E-state index contributed by atoms with van der Waals surface area (Å²) in [5, 5.41) is 8.94. The monoisotopic (exact) mass is 228 g/mol. The molecule has 1 aliphatic heterocycles. The Morgan fingerprint density at radius 3 is 2.88 bits per heavy atom. The Hall–Kier alpha value is -1.33. The number of aryl methyl sites for hydroxylation is 1. The summed E-state index contributed by atoms with van der Waals surface area (Å²) in [4.78, 5) is 2.53. The van der Waals surface area contributed by atoms with Gasteiger partial charge in [-0.15, -0.1) is 0 Å². The maximum absolute atomic E-state index is 8.94. The molecule has 0 radical (unpaired) electrons. The second-order valence-corrected chi connectivity index (χ2v) is 5.26. The van der Waals surface area contributed by atoms with Crippen molar-refractivity contribution in [1.82, 2.24) is 4.90 Å². The summed E-state index contributed by atoms with van der Waals surface area (Å²) in [7, 11) is 0. The average Bonchev–Trinajstić information content (AvgIpc) is 2.72. The molecule has 17 heavy (non-hydrogen) atoms. The van der Waals surface area contributed by atoms with Crippen molar-refractivity contribution in [1.29, 1.82) is 5.26 Å². The highest BCUT2D eigenvalue weighted by Crippen LogP contribution is 2.16. The summed E-state index contributed by atoms with van der Waals surface area (Å²) in [6.45, 7) is 7.97. The van der Waals surface area contributed by atoms with Crippen LogP contribution in [0.25, 0.3) is 0 Å². The fourth-order valence-corrected chi connectivity index (χ4v) is 2.59. The van der Waals surface area contributed by atoms with Crippen LogP contribution in [0.2, 0.25) is 0 Å². The third kappa shape index (κ3) is 3.31. The summed E-state index contributed by atoms with van der Waals surface area (Å²) >= 11 is 0. The van der Waals surface area contributed by atoms with Crippen molar-refractivity contribution in [3.8, 4) is 6.07 Å². The van der Waals surface area contributed by atoms with Crippen LogP contribution < -0.4 is 0 Å². The van der Waals surface area contributed by atoms with Crippen LogP contribution in [0.5, 0.6) is 0 Å². The Labute approximate surface area is 104 Å². The standard InChI is InChI=1S/C15H20N2/c1-12-3-5-17(11-12)6-4-14-7-13(2)8-15(9-14)10-16/h7-9,12H,3-6,11H2,1-2H3. The molecule has 1 aromatic rings. The van der Waals surface area contributed by atoms with Crippen LogP contribution in [0.4, 0.5) is 0 Å². The Morgan fingerprint density at radius 2 is 2.24 bits per heavy atom. The lowest BCUT2D eigenvalue weighted by atomic mass is 10.0. The fraction of sp³-hybridized carbons (Fsp3) is 0.533. The summed E-state index contributed by atoms with van der Waals surface area (Å²) in [5.41, 5.74) is 3.27. The Balaban J connectivity index is 1.95. The largest absolute Gasteiger partial charge is 0.303 e. The van der Waals surface area contributed by atoms with Crippen molar-refractivity contribution in [2.75, 3.05) is 19.6 Å². The van der Waals surface area contributed by atoms with Crippen LogP contribution in [0.15, 0.2) is 18.2 Å². The quantitative estimate of drug-likeness (QED) is 0.795. The van der Waals surface area contributed by atoms with E-state index in [1.807, 2.05) is 12.1 Å². The Bertz CT molecular complexity index is 431. The maximum atomic E-state index is 8.94. The molecule has 0 saturated carbocycles. The zero-order chi connectivity index (χ0) is 12.3. The van der Waals surface area contributed by atoms with E-state index in [1.54, 1.807) is 0 Å². The van der Waals surface area contributed by atoms with E-state index in [9.17, 15) is 0 Å². The molecular weight excluding hydrogens is 208 g/mol. The zero-order valence-electron chi connectivity index (χ0n) is 10.7. The van der Waals surface area contributed by atoms with Crippen LogP contribution in [0.3, 0.4) is 0 Å². The first-order chi connectivity index (χ1) is 8.17. The van der Waals surface area contributed by atoms with Gasteiger partial charge in [-0.1, -0.05) is 13.0 Å². The number of nitrogens with zero attached hydrogens (tertiary/aromatic N) is 2. The van der Waals surface area contributed by atoms with Gasteiger partial charge in [0.15, 0.2) is 0 Å². The highest BCUT2D eigenvalue weighted by Gasteiger charge is 2.17. The van der Waals surface area contributed by atoms with Crippen LogP contribution in [0.1, 0.15) is 30.0 Å². The molecule has 0 N–H and O–H groups in total. The predicted octanol–water partition coefficient (Wildman–Crippen LogP) is 2.75. The van der Waals surface area contributed by atoms with E-state index in [2.05, 4.69) is 30.9 Å². The van der Waals surface area contributed by atoms with Gasteiger partial charge in [0, 0.05) is 13.1 Å². The number of rotatable bonds is 3. The van der Waals surface area contributed by atoms with Gasteiger partial charge in [-0.25, -0.2) is 0 Å². The third-order valence-corrected chi connectivity index (χ3v) is 3.49. The maximum Gasteiger partial charge on any atom is 0.0991 e. The van der Waals surface area contributed by atoms with Crippen LogP contribution >= 0.6 is 0 Å². The minimum atomic E-state index is 0.787. The topological polar surface area (TPSA) is 27.0 Å². The molecule has 1 saturated heterocycles. The number of benzene rings is 1. The van der Waals surface area contributed by atoms with Gasteiger partial charge in [-0.05, 0) is 55.5 Å². The lowest BCUT2D eigenvalue weighted by Crippen LogP contribution is -2.23. The van der Waals surface area contributed by atoms with Crippen LogP contribution in [0, 0.1) is 24.2 Å². The molecule has 1 aromatic carbocycles. The normalized spacial score (nSPS) is 20.4. The van der Waals surface area contributed by atoms with Gasteiger partial charge in [-0.2, -0.15) is 5.26 Å². The molecule has 0 aliphatic carbocycles. The molecule has 2 nitrogen and oxygen atoms in total. The van der Waals surface area contributed by atoms with E-state index in [0.29, 0.717) is 0 Å². The minimum absolute atomic E-state index is 0.787. The van der Waals surface area contributed by atoms with Gasteiger partial charge in [0.1, 0.15) is 0 Å². The van der Waals surface area contributed by atoms with Gasteiger partial charge >= 0.3 is 0 Å². The van der Waals surface area contributed by atoms with Crippen molar-refractivity contribution < 1.29 is 0 Å². The van der Waals surface area contributed by atoms with E-state index in [0.717, 1.165) is 24.4 Å². The van der Waals surface area contributed by atoms with Crippen molar-refractivity contribution in [3.05, 3.63) is 34.9 Å². The highest BCUT2D eigenvalue weighted by atomic mass is 15.1. The summed E-state index contributed by atoms with van der Waals surface area (Å²) < 4.78 is 0. The first kappa shape index (κ1) is 12.1. The van der Waals surface area contributed by atoms with Gasteiger partial charge in [-0.3, -0.25) is 0 Å². The van der Waals surface area contributed by atoms with E-state index in [4.69, 9.17) is 5.26 Å². The van der Waals surface area contributed by atoms with Crippen molar-refractivity contribution in [2.24, 2.45) is 5.92 Å². The molecule has 1 fully saturated rings. The molecule has 1 atom stereocenters. The van der Waals surface area contributed by atoms with Crippen molar-refractivity contribution >= 4 is 0 Å². The first-order valence-electron chi connectivity index (χ1n) is 6.40. The van der Waals surface area contributed by atoms with E-state index in [-0.39, 0.29) is 0 Å². The Morgan fingerprint density at radius 1 is 1.41 bits per heavy atom. The third-order valence-electron chi connectivity index (χ3n) is 3.49. The van der Waals surface area contributed by atoms with Gasteiger partial charge in [0.2, 0.25) is 0 Å². The highest BCUT2D eigenvalue weighted by molar-refractivity contribution is 5.37. The lowest BCUT2D eigenvalue weighted by molar-refractivity contribution is 0.332. The average molecular weight is 228 g/mol. The zero-order valence-corrected chi connectivity index (χ0v) is 10.7. The summed E-state index contributed by atoms with van der Waals surface area (Å²) in [6.07, 6.45) is 2.39. The molecule has 0 aromatic heterocycles. The fourth-order valence-electron chi connectivity index (χ4n) is 2.59. The molecular formula is C15H20N2. The van der Waals surface area contributed by atoms with Gasteiger partial charge in [0.05, 0.1) is 11.6 Å². The minimum Gasteiger partial charge on any atom is -0.303 e. The smallest absolute Gasteiger partial charge is 0.0991 e. The van der Waals surface area contributed by atoms with Crippen LogP contribution in [-0.4, -0.2) is 24.5 Å². The Kier molecular flexibility index (Phi) is 3.81. The van der Waals surface area contributed by atoms with Crippen molar-refractivity contribution in [2.45, 2.75) is 26.7 Å². The second kappa shape index (κ2) is 5.33. The molecule has 0 bridgehead atoms. The van der Waals surface area contributed by atoms with E-state index < -0.39 is 0 Å². The number of nitriles is 1. The molecule has 90 valence electrons. The predicted molar refractivity (Wildman–Crippen MR) is 69.8 cm³/mol. The van der Waals surface area contributed by atoms with E-state index >= 15 is 0 Å². The number of hydrogen-bond donors (Lipinski definition) is 0. The van der Waals surface area contributed by atoms with E-state index in [1.165, 1.54) is 30.6 Å². The first-order valence-corrected chi connectivity index (χ1v) is 6.40. The molecule has 0 spiro atoms. The SMILES string of the molecule is Cc1cc(C#N)cc(CCN2CCC(C)C2)c1. The van der Waals surface area contributed by atoms with Gasteiger partial charge < -0.3 is 4.90 Å². The van der Waals surface area contributed by atoms with Crippen molar-refractivity contribution in [3.63, 3.8) is 0 Å². The molecule has 1 aliphatic rings. The number of likely N-dealkylation sites (tertiary alicyclic amines) is 1. The number of hydrogen-bond acceptors (Lipinski definition) is 2. The molecule has 0 amide bonds. The summed E-state index contributed by atoms with van der Waals surface area (Å²) in [5.74, 6) is 0.849.